The summed E-state index contributed by atoms with van der Waals surface area (Å²) in [4.78, 5) is 20.4. The first-order chi connectivity index (χ1) is 8.29. The third kappa shape index (κ3) is 1.36. The van der Waals surface area contributed by atoms with Crippen LogP contribution < -0.4 is 5.69 Å². The van der Waals surface area contributed by atoms with Crippen molar-refractivity contribution in [1.82, 2.24) is 19.1 Å². The SMILES string of the molecule is Cn1c(=O)n(-c2cccnc2)c2ncccc21. The Balaban J connectivity index is 2.45. The molecule has 0 aliphatic heterocycles. The van der Waals surface area contributed by atoms with Gasteiger partial charge in [0.15, 0.2) is 5.65 Å². The Morgan fingerprint density at radius 1 is 1.18 bits per heavy atom. The first kappa shape index (κ1) is 9.77. The van der Waals surface area contributed by atoms with E-state index in [1.165, 1.54) is 0 Å². The van der Waals surface area contributed by atoms with Crippen molar-refractivity contribution in [1.29, 1.82) is 0 Å². The number of imidazole rings is 1. The highest BCUT2D eigenvalue weighted by Crippen LogP contribution is 2.13. The maximum absolute atomic E-state index is 12.1. The Morgan fingerprint density at radius 2 is 2.00 bits per heavy atom. The molecule has 0 aliphatic rings. The van der Waals surface area contributed by atoms with Crippen molar-refractivity contribution in [2.75, 3.05) is 0 Å². The smallest absolute Gasteiger partial charge is 0.293 e. The standard InChI is InChI=1S/C12H10N4O/c1-15-10-5-3-7-14-11(10)16(12(15)17)9-4-2-6-13-8-9/h2-8H,1H3. The highest BCUT2D eigenvalue weighted by Gasteiger charge is 2.12. The van der Waals surface area contributed by atoms with Crippen molar-refractivity contribution in [3.8, 4) is 5.69 Å². The molecule has 17 heavy (non-hydrogen) atoms. The van der Waals surface area contributed by atoms with Gasteiger partial charge in [-0.3, -0.25) is 9.55 Å². The lowest BCUT2D eigenvalue weighted by Crippen LogP contribution is -2.20. The van der Waals surface area contributed by atoms with Crippen molar-refractivity contribution >= 4 is 11.2 Å². The summed E-state index contributed by atoms with van der Waals surface area (Å²) in [6.07, 6.45) is 5.00. The quantitative estimate of drug-likeness (QED) is 0.624. The summed E-state index contributed by atoms with van der Waals surface area (Å²) >= 11 is 0. The molecule has 0 atom stereocenters. The molecule has 0 aromatic carbocycles. The van der Waals surface area contributed by atoms with Crippen LogP contribution in [0.5, 0.6) is 0 Å². The fourth-order valence-corrected chi connectivity index (χ4v) is 1.88. The van der Waals surface area contributed by atoms with Crippen LogP contribution in [-0.2, 0) is 7.05 Å². The molecule has 5 heteroatoms. The predicted molar refractivity (Wildman–Crippen MR) is 64.1 cm³/mol. The number of rotatable bonds is 1. The molecule has 3 heterocycles. The van der Waals surface area contributed by atoms with E-state index in [9.17, 15) is 4.79 Å². The first-order valence-corrected chi connectivity index (χ1v) is 5.22. The van der Waals surface area contributed by atoms with Gasteiger partial charge in [-0.2, -0.15) is 0 Å². The molecule has 0 amide bonds. The molecule has 0 saturated heterocycles. The number of nitrogens with zero attached hydrogens (tertiary/aromatic N) is 4. The highest BCUT2D eigenvalue weighted by molar-refractivity contribution is 5.73. The largest absolute Gasteiger partial charge is 0.334 e. The number of aromatic nitrogens is 4. The fraction of sp³-hybridized carbons (Fsp3) is 0.0833. The van der Waals surface area contributed by atoms with Crippen LogP contribution in [0, 0.1) is 0 Å². The van der Waals surface area contributed by atoms with Crippen molar-refractivity contribution in [2.24, 2.45) is 7.05 Å². The Bertz CT molecular complexity index is 727. The zero-order chi connectivity index (χ0) is 11.8. The van der Waals surface area contributed by atoms with Crippen LogP contribution in [0.2, 0.25) is 0 Å². The van der Waals surface area contributed by atoms with Crippen LogP contribution in [0.4, 0.5) is 0 Å². The Morgan fingerprint density at radius 3 is 2.76 bits per heavy atom. The van der Waals surface area contributed by atoms with Crippen LogP contribution in [-0.4, -0.2) is 19.1 Å². The third-order valence-corrected chi connectivity index (χ3v) is 2.72. The normalized spacial score (nSPS) is 10.9. The summed E-state index contributed by atoms with van der Waals surface area (Å²) in [5.74, 6) is 0. The van der Waals surface area contributed by atoms with E-state index in [2.05, 4.69) is 9.97 Å². The average molecular weight is 226 g/mol. The molecule has 0 saturated carbocycles. The maximum atomic E-state index is 12.1. The van der Waals surface area contributed by atoms with Crippen molar-refractivity contribution in [3.05, 3.63) is 53.3 Å². The molecule has 84 valence electrons. The molecule has 0 bridgehead atoms. The number of hydrogen-bond donors (Lipinski definition) is 0. The van der Waals surface area contributed by atoms with E-state index in [0.29, 0.717) is 5.65 Å². The molecule has 3 aromatic heterocycles. The minimum atomic E-state index is -0.119. The van der Waals surface area contributed by atoms with E-state index in [1.807, 2.05) is 18.2 Å². The topological polar surface area (TPSA) is 52.7 Å². The summed E-state index contributed by atoms with van der Waals surface area (Å²) < 4.78 is 3.14. The van der Waals surface area contributed by atoms with Gasteiger partial charge < -0.3 is 0 Å². The van der Waals surface area contributed by atoms with Gasteiger partial charge in [-0.25, -0.2) is 14.3 Å². The summed E-state index contributed by atoms with van der Waals surface area (Å²) in [5, 5.41) is 0. The maximum Gasteiger partial charge on any atom is 0.334 e. The lowest BCUT2D eigenvalue weighted by molar-refractivity contribution is 0.843. The second kappa shape index (κ2) is 3.55. The van der Waals surface area contributed by atoms with Crippen molar-refractivity contribution in [2.45, 2.75) is 0 Å². The van der Waals surface area contributed by atoms with E-state index >= 15 is 0 Å². The Kier molecular flexibility index (Phi) is 2.04. The summed E-state index contributed by atoms with van der Waals surface area (Å²) in [6.45, 7) is 0. The Hall–Kier alpha value is -2.43. The van der Waals surface area contributed by atoms with Crippen LogP contribution in [0.3, 0.4) is 0 Å². The zero-order valence-corrected chi connectivity index (χ0v) is 9.24. The van der Waals surface area contributed by atoms with Gasteiger partial charge >= 0.3 is 5.69 Å². The lowest BCUT2D eigenvalue weighted by Gasteiger charge is -2.00. The fourth-order valence-electron chi connectivity index (χ4n) is 1.88. The van der Waals surface area contributed by atoms with Gasteiger partial charge in [-0.1, -0.05) is 0 Å². The minimum absolute atomic E-state index is 0.119. The van der Waals surface area contributed by atoms with Crippen LogP contribution in [0.1, 0.15) is 0 Å². The van der Waals surface area contributed by atoms with E-state index in [4.69, 9.17) is 0 Å². The molecule has 0 unspecified atom stereocenters. The zero-order valence-electron chi connectivity index (χ0n) is 9.24. The number of pyridine rings is 2. The van der Waals surface area contributed by atoms with Crippen LogP contribution >= 0.6 is 0 Å². The minimum Gasteiger partial charge on any atom is -0.293 e. The van der Waals surface area contributed by atoms with Crippen molar-refractivity contribution < 1.29 is 0 Å². The summed E-state index contributed by atoms with van der Waals surface area (Å²) in [7, 11) is 1.74. The van der Waals surface area contributed by atoms with E-state index in [-0.39, 0.29) is 5.69 Å². The lowest BCUT2D eigenvalue weighted by atomic mass is 10.4. The third-order valence-electron chi connectivity index (χ3n) is 2.72. The molecule has 3 aromatic rings. The van der Waals surface area contributed by atoms with Crippen LogP contribution in [0.15, 0.2) is 47.7 Å². The van der Waals surface area contributed by atoms with E-state index in [0.717, 1.165) is 11.2 Å². The Labute approximate surface area is 97.0 Å². The molecule has 5 nitrogen and oxygen atoms in total. The first-order valence-electron chi connectivity index (χ1n) is 5.22. The number of fused-ring (bicyclic) bond motifs is 1. The predicted octanol–water partition coefficient (Wildman–Crippen LogP) is 1.12. The second-order valence-corrected chi connectivity index (χ2v) is 3.73. The summed E-state index contributed by atoms with van der Waals surface area (Å²) in [6, 6.07) is 7.32. The summed E-state index contributed by atoms with van der Waals surface area (Å²) in [5.41, 5.74) is 2.06. The monoisotopic (exact) mass is 226 g/mol. The van der Waals surface area contributed by atoms with Gasteiger partial charge in [0.2, 0.25) is 0 Å². The molecule has 0 aliphatic carbocycles. The molecule has 3 rings (SSSR count). The van der Waals surface area contributed by atoms with Gasteiger partial charge in [-0.05, 0) is 24.3 Å². The van der Waals surface area contributed by atoms with Crippen molar-refractivity contribution in [3.63, 3.8) is 0 Å². The van der Waals surface area contributed by atoms with Gasteiger partial charge in [-0.15, -0.1) is 0 Å². The molecular weight excluding hydrogens is 216 g/mol. The second-order valence-electron chi connectivity index (χ2n) is 3.73. The van der Waals surface area contributed by atoms with Crippen LogP contribution in [0.25, 0.3) is 16.9 Å². The number of aryl methyl sites for hydroxylation is 1. The highest BCUT2D eigenvalue weighted by atomic mass is 16.1. The molecule has 0 fully saturated rings. The molecule has 0 spiro atoms. The molecule has 0 N–H and O–H groups in total. The van der Waals surface area contributed by atoms with E-state index in [1.54, 1.807) is 40.8 Å². The molecular formula is C12H10N4O. The number of hydrogen-bond acceptors (Lipinski definition) is 3. The molecule has 0 radical (unpaired) electrons. The van der Waals surface area contributed by atoms with Gasteiger partial charge in [0.05, 0.1) is 17.4 Å². The van der Waals surface area contributed by atoms with E-state index < -0.39 is 0 Å². The van der Waals surface area contributed by atoms with Gasteiger partial charge in [0.1, 0.15) is 0 Å². The average Bonchev–Trinajstić information content (AvgIpc) is 2.64. The van der Waals surface area contributed by atoms with Gasteiger partial charge in [0, 0.05) is 19.4 Å². The van der Waals surface area contributed by atoms with Gasteiger partial charge in [0.25, 0.3) is 0 Å².